The first-order valence-electron chi connectivity index (χ1n) is 9.21. The van der Waals surface area contributed by atoms with Crippen LogP contribution in [0.15, 0.2) is 40.9 Å². The zero-order valence-electron chi connectivity index (χ0n) is 16.0. The fourth-order valence-electron chi connectivity index (χ4n) is 2.53. The van der Waals surface area contributed by atoms with E-state index in [4.69, 9.17) is 28.6 Å². The molecule has 0 radical (unpaired) electrons. The summed E-state index contributed by atoms with van der Waals surface area (Å²) in [7, 11) is 0. The van der Waals surface area contributed by atoms with Gasteiger partial charge in [0.1, 0.15) is 5.75 Å². The Morgan fingerprint density at radius 3 is 2.68 bits per heavy atom. The van der Waals surface area contributed by atoms with Gasteiger partial charge in [0.25, 0.3) is 5.91 Å². The topological polar surface area (TPSA) is 50.4 Å². The molecule has 0 heterocycles. The molecule has 0 aliphatic carbocycles. The molecule has 0 fully saturated rings. The molecule has 0 unspecified atom stereocenters. The Morgan fingerprint density at radius 2 is 1.96 bits per heavy atom. The first kappa shape index (κ1) is 22.7. The molecule has 7 heteroatoms. The monoisotopic (exact) mass is 482 g/mol. The fourth-order valence-corrected chi connectivity index (χ4v) is 3.40. The molecular formula is C21H24BrClN2O2S. The molecule has 0 atom stereocenters. The second-order valence-electron chi connectivity index (χ2n) is 6.42. The molecule has 0 bridgehead atoms. The Labute approximate surface area is 185 Å². The Kier molecular flexibility index (Phi) is 9.22. The summed E-state index contributed by atoms with van der Waals surface area (Å²) < 4.78 is 6.51. The molecule has 0 saturated heterocycles. The van der Waals surface area contributed by atoms with Crippen molar-refractivity contribution in [2.75, 3.05) is 11.9 Å². The van der Waals surface area contributed by atoms with E-state index in [2.05, 4.69) is 33.5 Å². The largest absolute Gasteiger partial charge is 0.492 e. The lowest BCUT2D eigenvalue weighted by Crippen LogP contribution is -2.34. The van der Waals surface area contributed by atoms with Crippen LogP contribution in [0.2, 0.25) is 5.02 Å². The summed E-state index contributed by atoms with van der Waals surface area (Å²) in [5.41, 5.74) is 2.21. The molecule has 2 aromatic carbocycles. The number of halogens is 2. The van der Waals surface area contributed by atoms with Crippen molar-refractivity contribution in [3.05, 3.63) is 57.0 Å². The summed E-state index contributed by atoms with van der Waals surface area (Å²) in [4.78, 5) is 12.5. The van der Waals surface area contributed by atoms with Crippen LogP contribution in [-0.4, -0.2) is 17.6 Å². The maximum Gasteiger partial charge on any atom is 0.257 e. The van der Waals surface area contributed by atoms with Crippen LogP contribution in [-0.2, 0) is 0 Å². The van der Waals surface area contributed by atoms with E-state index >= 15 is 0 Å². The lowest BCUT2D eigenvalue weighted by Gasteiger charge is -2.13. The van der Waals surface area contributed by atoms with E-state index in [0.29, 0.717) is 17.2 Å². The molecule has 4 nitrogen and oxygen atoms in total. The average Bonchev–Trinajstić information content (AvgIpc) is 2.65. The van der Waals surface area contributed by atoms with Gasteiger partial charge < -0.3 is 10.1 Å². The van der Waals surface area contributed by atoms with Crippen LogP contribution in [0, 0.1) is 6.92 Å². The van der Waals surface area contributed by atoms with Crippen LogP contribution >= 0.6 is 39.7 Å². The highest BCUT2D eigenvalue weighted by atomic mass is 79.9. The van der Waals surface area contributed by atoms with Gasteiger partial charge in [0.15, 0.2) is 5.11 Å². The van der Waals surface area contributed by atoms with Gasteiger partial charge in [-0.2, -0.15) is 0 Å². The Bertz CT molecular complexity index is 845. The van der Waals surface area contributed by atoms with Crippen molar-refractivity contribution in [1.82, 2.24) is 5.32 Å². The molecule has 0 spiro atoms. The third-order valence-electron chi connectivity index (χ3n) is 4.12. The van der Waals surface area contributed by atoms with E-state index in [9.17, 15) is 4.79 Å². The number of rotatable bonds is 8. The van der Waals surface area contributed by atoms with Gasteiger partial charge in [0.2, 0.25) is 0 Å². The molecule has 0 aliphatic heterocycles. The Hall–Kier alpha value is -1.63. The number of carbonyl (C=O) groups is 1. The number of benzene rings is 2. The predicted molar refractivity (Wildman–Crippen MR) is 124 cm³/mol. The van der Waals surface area contributed by atoms with Crippen molar-refractivity contribution in [2.45, 2.75) is 39.5 Å². The Balaban J connectivity index is 1.92. The summed E-state index contributed by atoms with van der Waals surface area (Å²) in [6, 6.07) is 10.7. The number of amides is 1. The number of carbonyl (C=O) groups excluding carboxylic acids is 1. The summed E-state index contributed by atoms with van der Waals surface area (Å²) >= 11 is 14.7. The van der Waals surface area contributed by atoms with Gasteiger partial charge in [-0.1, -0.05) is 43.9 Å². The lowest BCUT2D eigenvalue weighted by atomic mass is 10.2. The van der Waals surface area contributed by atoms with E-state index in [1.54, 1.807) is 30.3 Å². The summed E-state index contributed by atoms with van der Waals surface area (Å²) in [6.07, 6.45) is 4.59. The molecule has 0 aliphatic rings. The fraction of sp³-hybridized carbons (Fsp3) is 0.333. The maximum absolute atomic E-state index is 12.5. The number of aryl methyl sites for hydroxylation is 1. The van der Waals surface area contributed by atoms with Crippen LogP contribution < -0.4 is 15.4 Å². The second kappa shape index (κ2) is 11.4. The van der Waals surface area contributed by atoms with Crippen molar-refractivity contribution in [2.24, 2.45) is 0 Å². The van der Waals surface area contributed by atoms with Crippen molar-refractivity contribution in [3.8, 4) is 5.75 Å². The number of thiocarbonyl (C=S) groups is 1. The van der Waals surface area contributed by atoms with Gasteiger partial charge in [-0.05, 0) is 77.4 Å². The predicted octanol–water partition coefficient (Wildman–Crippen LogP) is 6.50. The minimum absolute atomic E-state index is 0.211. The van der Waals surface area contributed by atoms with Gasteiger partial charge in [-0.15, -0.1) is 0 Å². The molecule has 28 heavy (non-hydrogen) atoms. The standard InChI is InChI=1S/C21H24BrClN2O2S/c1-3-4-5-6-11-27-19-10-8-15(12-17(19)22)20(26)25-21(28)24-18-13-16(23)9-7-14(18)2/h7-10,12-13H,3-6,11H2,1-2H3,(H2,24,25,26,28). The highest BCUT2D eigenvalue weighted by molar-refractivity contribution is 9.10. The zero-order valence-corrected chi connectivity index (χ0v) is 19.1. The van der Waals surface area contributed by atoms with Crippen molar-refractivity contribution in [1.29, 1.82) is 0 Å². The van der Waals surface area contributed by atoms with E-state index in [-0.39, 0.29) is 11.0 Å². The lowest BCUT2D eigenvalue weighted by molar-refractivity contribution is 0.0977. The van der Waals surface area contributed by atoms with Crippen LogP contribution in [0.1, 0.15) is 48.5 Å². The Morgan fingerprint density at radius 1 is 1.18 bits per heavy atom. The first-order chi connectivity index (χ1) is 13.4. The highest BCUT2D eigenvalue weighted by Crippen LogP contribution is 2.26. The molecule has 0 aromatic heterocycles. The quantitative estimate of drug-likeness (QED) is 0.332. The highest BCUT2D eigenvalue weighted by Gasteiger charge is 2.12. The number of ether oxygens (including phenoxy) is 1. The van der Waals surface area contributed by atoms with E-state index < -0.39 is 0 Å². The SMILES string of the molecule is CCCCCCOc1ccc(C(=O)NC(=S)Nc2cc(Cl)ccc2C)cc1Br. The van der Waals surface area contributed by atoms with Crippen molar-refractivity contribution in [3.63, 3.8) is 0 Å². The average molecular weight is 484 g/mol. The number of hydrogen-bond acceptors (Lipinski definition) is 3. The van der Waals surface area contributed by atoms with E-state index in [1.807, 2.05) is 13.0 Å². The van der Waals surface area contributed by atoms with E-state index in [1.165, 1.54) is 12.8 Å². The van der Waals surface area contributed by atoms with Gasteiger partial charge in [-0.25, -0.2) is 0 Å². The minimum Gasteiger partial charge on any atom is -0.492 e. The molecule has 2 aromatic rings. The molecule has 1 amide bonds. The first-order valence-corrected chi connectivity index (χ1v) is 10.8. The van der Waals surface area contributed by atoms with Gasteiger partial charge in [0.05, 0.1) is 11.1 Å². The van der Waals surface area contributed by atoms with Gasteiger partial charge >= 0.3 is 0 Å². The maximum atomic E-state index is 12.5. The van der Waals surface area contributed by atoms with E-state index in [0.717, 1.165) is 34.3 Å². The number of anilines is 1. The molecular weight excluding hydrogens is 460 g/mol. The van der Waals surface area contributed by atoms with Crippen LogP contribution in [0.5, 0.6) is 5.75 Å². The van der Waals surface area contributed by atoms with Crippen molar-refractivity contribution >= 4 is 56.5 Å². The van der Waals surface area contributed by atoms with Gasteiger partial charge in [0, 0.05) is 16.3 Å². The third kappa shape index (κ3) is 7.08. The van der Waals surface area contributed by atoms with Crippen molar-refractivity contribution < 1.29 is 9.53 Å². The molecule has 2 N–H and O–H groups in total. The van der Waals surface area contributed by atoms with Crippen LogP contribution in [0.25, 0.3) is 0 Å². The summed E-state index contributed by atoms with van der Waals surface area (Å²) in [5, 5.41) is 6.49. The number of hydrogen-bond donors (Lipinski definition) is 2. The minimum atomic E-state index is -0.299. The van der Waals surface area contributed by atoms with Gasteiger partial charge in [-0.3, -0.25) is 10.1 Å². The molecule has 2 rings (SSSR count). The third-order valence-corrected chi connectivity index (χ3v) is 5.18. The zero-order chi connectivity index (χ0) is 20.5. The second-order valence-corrected chi connectivity index (χ2v) is 8.12. The normalized spacial score (nSPS) is 10.4. The molecule has 0 saturated carbocycles. The number of nitrogens with one attached hydrogen (secondary N) is 2. The van der Waals surface area contributed by atoms with Crippen LogP contribution in [0.4, 0.5) is 5.69 Å². The summed E-state index contributed by atoms with van der Waals surface area (Å²) in [6.45, 7) is 4.77. The number of unbranched alkanes of at least 4 members (excludes halogenated alkanes) is 3. The molecule has 150 valence electrons. The summed E-state index contributed by atoms with van der Waals surface area (Å²) in [5.74, 6) is 0.427. The van der Waals surface area contributed by atoms with Crippen LogP contribution in [0.3, 0.4) is 0 Å². The smallest absolute Gasteiger partial charge is 0.257 e.